The van der Waals surface area contributed by atoms with Gasteiger partial charge in [0.15, 0.2) is 0 Å². The molecule has 0 atom stereocenters. The van der Waals surface area contributed by atoms with Crippen LogP contribution in [0.25, 0.3) is 0 Å². The molecule has 5 nitrogen and oxygen atoms in total. The first-order valence-corrected chi connectivity index (χ1v) is 5.46. The minimum Gasteiger partial charge on any atom is -0.478 e. The molecule has 0 aliphatic heterocycles. The van der Waals surface area contributed by atoms with Gasteiger partial charge in [0.05, 0.1) is 5.56 Å². The number of aryl methyl sites for hydroxylation is 1. The van der Waals surface area contributed by atoms with Crippen LogP contribution in [-0.4, -0.2) is 22.0 Å². The van der Waals surface area contributed by atoms with Crippen molar-refractivity contribution in [2.45, 2.75) is 6.92 Å². The van der Waals surface area contributed by atoms with Gasteiger partial charge in [-0.25, -0.2) is 9.18 Å². The molecular formula is C13H11FN2O3. The summed E-state index contributed by atoms with van der Waals surface area (Å²) in [5.41, 5.74) is 0.863. The summed E-state index contributed by atoms with van der Waals surface area (Å²) in [4.78, 5) is 25.2. The van der Waals surface area contributed by atoms with Crippen molar-refractivity contribution in [2.75, 3.05) is 5.32 Å². The van der Waals surface area contributed by atoms with Gasteiger partial charge in [0.1, 0.15) is 11.6 Å². The molecule has 0 fully saturated rings. The van der Waals surface area contributed by atoms with Gasteiger partial charge in [0.2, 0.25) is 0 Å². The van der Waals surface area contributed by atoms with E-state index in [1.807, 2.05) is 0 Å². The van der Waals surface area contributed by atoms with Crippen molar-refractivity contribution in [2.24, 2.45) is 0 Å². The maximum Gasteiger partial charge on any atom is 0.337 e. The molecule has 1 heterocycles. The Bertz CT molecular complexity index is 649. The average molecular weight is 262 g/mol. The van der Waals surface area contributed by atoms with E-state index in [-0.39, 0.29) is 16.9 Å². The topological polar surface area (TPSA) is 82.2 Å². The van der Waals surface area contributed by atoms with Gasteiger partial charge in [0.25, 0.3) is 5.91 Å². The average Bonchev–Trinajstić information content (AvgIpc) is 2.80. The van der Waals surface area contributed by atoms with E-state index in [0.717, 1.165) is 6.07 Å². The van der Waals surface area contributed by atoms with Gasteiger partial charge in [-0.3, -0.25) is 4.79 Å². The SMILES string of the molecule is Cc1ccc(F)cc1C(=O)Nc1cc(C(=O)O)c[nH]1. The summed E-state index contributed by atoms with van der Waals surface area (Å²) >= 11 is 0. The number of aromatic amines is 1. The molecule has 0 aliphatic carbocycles. The Morgan fingerprint density at radius 3 is 2.68 bits per heavy atom. The van der Waals surface area contributed by atoms with Gasteiger partial charge in [-0.2, -0.15) is 0 Å². The van der Waals surface area contributed by atoms with Crippen molar-refractivity contribution in [3.63, 3.8) is 0 Å². The third kappa shape index (κ3) is 2.79. The van der Waals surface area contributed by atoms with E-state index in [1.165, 1.54) is 24.4 Å². The van der Waals surface area contributed by atoms with Crippen molar-refractivity contribution in [1.82, 2.24) is 4.98 Å². The predicted molar refractivity (Wildman–Crippen MR) is 66.8 cm³/mol. The molecule has 1 amide bonds. The van der Waals surface area contributed by atoms with Crippen molar-refractivity contribution >= 4 is 17.7 Å². The van der Waals surface area contributed by atoms with Crippen LogP contribution in [0, 0.1) is 12.7 Å². The third-order valence-corrected chi connectivity index (χ3v) is 2.62. The molecule has 98 valence electrons. The first-order valence-electron chi connectivity index (χ1n) is 5.46. The van der Waals surface area contributed by atoms with Crippen molar-refractivity contribution in [3.8, 4) is 0 Å². The highest BCUT2D eigenvalue weighted by atomic mass is 19.1. The molecule has 0 aliphatic rings. The van der Waals surface area contributed by atoms with Gasteiger partial charge in [-0.15, -0.1) is 0 Å². The number of aromatic nitrogens is 1. The summed E-state index contributed by atoms with van der Waals surface area (Å²) in [6.45, 7) is 1.69. The number of carboxylic acids is 1. The quantitative estimate of drug-likeness (QED) is 0.794. The van der Waals surface area contributed by atoms with Crippen molar-refractivity contribution in [3.05, 3.63) is 53.0 Å². The van der Waals surface area contributed by atoms with Crippen LogP contribution in [0.5, 0.6) is 0 Å². The lowest BCUT2D eigenvalue weighted by molar-refractivity contribution is 0.0697. The number of nitrogens with one attached hydrogen (secondary N) is 2. The Hall–Kier alpha value is -2.63. The first kappa shape index (κ1) is 12.8. The number of hydrogen-bond donors (Lipinski definition) is 3. The molecule has 3 N–H and O–H groups in total. The molecule has 0 spiro atoms. The monoisotopic (exact) mass is 262 g/mol. The summed E-state index contributed by atoms with van der Waals surface area (Å²) in [6, 6.07) is 5.19. The number of carboxylic acid groups (broad SMARTS) is 1. The molecule has 2 rings (SSSR count). The van der Waals surface area contributed by atoms with Gasteiger partial charge in [0, 0.05) is 11.8 Å². The van der Waals surface area contributed by atoms with Crippen LogP contribution in [0.1, 0.15) is 26.3 Å². The molecule has 0 saturated carbocycles. The summed E-state index contributed by atoms with van der Waals surface area (Å²) in [5, 5.41) is 11.2. The summed E-state index contributed by atoms with van der Waals surface area (Å²) in [7, 11) is 0. The standard InChI is InChI=1S/C13H11FN2O3/c1-7-2-3-9(14)5-10(7)12(17)16-11-4-8(6-15-11)13(18)19/h2-6,15H,1H3,(H,16,17)(H,18,19). The Balaban J connectivity index is 2.20. The predicted octanol–water partition coefficient (Wildman–Crippen LogP) is 2.41. The molecule has 0 radical (unpaired) electrons. The molecular weight excluding hydrogens is 251 g/mol. The highest BCUT2D eigenvalue weighted by Gasteiger charge is 2.12. The van der Waals surface area contributed by atoms with Gasteiger partial charge in [-0.1, -0.05) is 6.07 Å². The number of H-pyrrole nitrogens is 1. The van der Waals surface area contributed by atoms with E-state index >= 15 is 0 Å². The van der Waals surface area contributed by atoms with Crippen LogP contribution in [0.4, 0.5) is 10.2 Å². The zero-order valence-electron chi connectivity index (χ0n) is 10.0. The fraction of sp³-hybridized carbons (Fsp3) is 0.0769. The molecule has 1 aromatic heterocycles. The number of carbonyl (C=O) groups is 2. The van der Waals surface area contributed by atoms with Crippen LogP contribution >= 0.6 is 0 Å². The second kappa shape index (κ2) is 4.93. The lowest BCUT2D eigenvalue weighted by Crippen LogP contribution is -2.13. The number of carbonyl (C=O) groups excluding carboxylic acids is 1. The van der Waals surface area contributed by atoms with Crippen molar-refractivity contribution < 1.29 is 19.1 Å². The molecule has 19 heavy (non-hydrogen) atoms. The lowest BCUT2D eigenvalue weighted by atomic mass is 10.1. The maximum atomic E-state index is 13.1. The smallest absolute Gasteiger partial charge is 0.337 e. The van der Waals surface area contributed by atoms with Crippen LogP contribution in [-0.2, 0) is 0 Å². The Morgan fingerprint density at radius 2 is 2.05 bits per heavy atom. The summed E-state index contributed by atoms with van der Waals surface area (Å²) < 4.78 is 13.1. The van der Waals surface area contributed by atoms with Gasteiger partial charge in [-0.05, 0) is 30.7 Å². The number of anilines is 1. The second-order valence-electron chi connectivity index (χ2n) is 4.02. The molecule has 2 aromatic rings. The van der Waals surface area contributed by atoms with E-state index in [4.69, 9.17) is 5.11 Å². The number of amides is 1. The van der Waals surface area contributed by atoms with E-state index in [2.05, 4.69) is 10.3 Å². The maximum absolute atomic E-state index is 13.1. The van der Waals surface area contributed by atoms with Gasteiger partial charge < -0.3 is 15.4 Å². The minimum absolute atomic E-state index is 0.0336. The van der Waals surface area contributed by atoms with Crippen LogP contribution < -0.4 is 5.32 Å². The van der Waals surface area contributed by atoms with Crippen LogP contribution in [0.3, 0.4) is 0 Å². The third-order valence-electron chi connectivity index (χ3n) is 2.62. The number of rotatable bonds is 3. The summed E-state index contributed by atoms with van der Waals surface area (Å²) in [5.74, 6) is -1.87. The van der Waals surface area contributed by atoms with E-state index < -0.39 is 17.7 Å². The normalized spacial score (nSPS) is 10.2. The fourth-order valence-electron chi connectivity index (χ4n) is 1.62. The van der Waals surface area contributed by atoms with Crippen LogP contribution in [0.15, 0.2) is 30.5 Å². The number of hydrogen-bond acceptors (Lipinski definition) is 2. The first-order chi connectivity index (χ1) is 8.97. The summed E-state index contributed by atoms with van der Waals surface area (Å²) in [6.07, 6.45) is 1.26. The van der Waals surface area contributed by atoms with E-state index in [9.17, 15) is 14.0 Å². The van der Waals surface area contributed by atoms with E-state index in [0.29, 0.717) is 5.56 Å². The fourth-order valence-corrected chi connectivity index (χ4v) is 1.62. The zero-order chi connectivity index (χ0) is 14.0. The Morgan fingerprint density at radius 1 is 1.32 bits per heavy atom. The minimum atomic E-state index is -1.10. The highest BCUT2D eigenvalue weighted by molar-refractivity contribution is 6.05. The van der Waals surface area contributed by atoms with E-state index in [1.54, 1.807) is 6.92 Å². The largest absolute Gasteiger partial charge is 0.478 e. The molecule has 0 unspecified atom stereocenters. The lowest BCUT2D eigenvalue weighted by Gasteiger charge is -2.06. The number of benzene rings is 1. The molecule has 1 aromatic carbocycles. The number of aromatic carboxylic acids is 1. The Labute approximate surface area is 108 Å². The highest BCUT2D eigenvalue weighted by Crippen LogP contribution is 2.14. The zero-order valence-corrected chi connectivity index (χ0v) is 10.0. The van der Waals surface area contributed by atoms with Gasteiger partial charge >= 0.3 is 5.97 Å². The second-order valence-corrected chi connectivity index (χ2v) is 4.02. The molecule has 6 heteroatoms. The number of halogens is 1. The molecule has 0 bridgehead atoms. The molecule has 0 saturated heterocycles. The Kier molecular flexibility index (Phi) is 3.33. The van der Waals surface area contributed by atoms with Crippen molar-refractivity contribution in [1.29, 1.82) is 0 Å². The van der Waals surface area contributed by atoms with Crippen LogP contribution in [0.2, 0.25) is 0 Å².